The van der Waals surface area contributed by atoms with E-state index in [0.717, 1.165) is 50.9 Å². The maximum absolute atomic E-state index is 13.3. The molecule has 2 aromatic rings. The predicted octanol–water partition coefficient (Wildman–Crippen LogP) is 5.50. The highest BCUT2D eigenvalue weighted by Gasteiger charge is 2.45. The van der Waals surface area contributed by atoms with Crippen molar-refractivity contribution in [2.45, 2.75) is 70.5 Å². The third-order valence-electron chi connectivity index (χ3n) is 6.99. The van der Waals surface area contributed by atoms with E-state index in [0.29, 0.717) is 18.9 Å². The highest BCUT2D eigenvalue weighted by molar-refractivity contribution is 5.79. The van der Waals surface area contributed by atoms with E-state index in [9.17, 15) is 9.18 Å². The van der Waals surface area contributed by atoms with Crippen LogP contribution in [0.1, 0.15) is 68.6 Å². The number of amides is 1. The average Bonchev–Trinajstić information content (AvgIpc) is 2.90. The van der Waals surface area contributed by atoms with Crippen LogP contribution in [0, 0.1) is 5.82 Å². The highest BCUT2D eigenvalue weighted by atomic mass is 19.1. The highest BCUT2D eigenvalue weighted by Crippen LogP contribution is 2.40. The molecule has 2 aliphatic heterocycles. The van der Waals surface area contributed by atoms with E-state index in [1.807, 2.05) is 0 Å². The molecule has 0 aliphatic carbocycles. The molecule has 1 atom stereocenters. The van der Waals surface area contributed by atoms with E-state index in [1.165, 1.54) is 23.3 Å². The molecular weight excluding hydrogens is 375 g/mol. The second-order valence-electron chi connectivity index (χ2n) is 9.36. The van der Waals surface area contributed by atoms with Crippen LogP contribution in [0.5, 0.6) is 0 Å². The molecule has 30 heavy (non-hydrogen) atoms. The molecule has 0 aromatic heterocycles. The molecule has 160 valence electrons. The molecule has 2 fully saturated rings. The van der Waals surface area contributed by atoms with Gasteiger partial charge in [-0.15, -0.1) is 0 Å². The van der Waals surface area contributed by atoms with Crippen molar-refractivity contribution in [3.05, 3.63) is 71.0 Å². The summed E-state index contributed by atoms with van der Waals surface area (Å²) in [6.07, 6.45) is 4.77. The molecule has 2 aromatic carbocycles. The maximum Gasteiger partial charge on any atom is 0.223 e. The summed E-state index contributed by atoms with van der Waals surface area (Å²) < 4.78 is 13.3. The van der Waals surface area contributed by atoms with Crippen molar-refractivity contribution >= 4 is 5.91 Å². The van der Waals surface area contributed by atoms with Gasteiger partial charge in [-0.3, -0.25) is 9.69 Å². The van der Waals surface area contributed by atoms with Gasteiger partial charge in [-0.05, 0) is 67.0 Å². The molecule has 0 saturated carbocycles. The van der Waals surface area contributed by atoms with Crippen molar-refractivity contribution in [2.24, 2.45) is 0 Å². The van der Waals surface area contributed by atoms with Gasteiger partial charge >= 0.3 is 0 Å². The number of carbonyl (C=O) groups is 1. The Kier molecular flexibility index (Phi) is 6.24. The molecule has 3 nitrogen and oxygen atoms in total. The minimum Gasteiger partial charge on any atom is -0.333 e. The molecule has 0 radical (unpaired) electrons. The summed E-state index contributed by atoms with van der Waals surface area (Å²) in [7, 11) is 0. The van der Waals surface area contributed by atoms with E-state index < -0.39 is 0 Å². The van der Waals surface area contributed by atoms with Gasteiger partial charge < -0.3 is 4.90 Å². The molecule has 1 amide bonds. The van der Waals surface area contributed by atoms with Gasteiger partial charge in [-0.2, -0.15) is 0 Å². The Morgan fingerprint density at radius 3 is 2.27 bits per heavy atom. The Bertz CT molecular complexity index is 862. The smallest absolute Gasteiger partial charge is 0.223 e. The zero-order valence-electron chi connectivity index (χ0n) is 18.2. The van der Waals surface area contributed by atoms with Gasteiger partial charge in [0.05, 0.1) is 0 Å². The first kappa shape index (κ1) is 21.0. The molecule has 0 N–H and O–H groups in total. The minimum absolute atomic E-state index is 0.0400. The second kappa shape index (κ2) is 8.89. The van der Waals surface area contributed by atoms with Gasteiger partial charge in [0.15, 0.2) is 0 Å². The number of likely N-dealkylation sites (tertiary alicyclic amines) is 2. The summed E-state index contributed by atoms with van der Waals surface area (Å²) in [5, 5.41) is 0. The number of hydrogen-bond donors (Lipinski definition) is 0. The summed E-state index contributed by atoms with van der Waals surface area (Å²) in [5.74, 6) is 0.578. The molecule has 4 heteroatoms. The van der Waals surface area contributed by atoms with Gasteiger partial charge in [-0.1, -0.05) is 50.2 Å². The van der Waals surface area contributed by atoms with E-state index in [4.69, 9.17) is 0 Å². The lowest BCUT2D eigenvalue weighted by Crippen LogP contribution is -2.45. The van der Waals surface area contributed by atoms with Crippen molar-refractivity contribution < 1.29 is 9.18 Å². The monoisotopic (exact) mass is 408 g/mol. The predicted molar refractivity (Wildman–Crippen MR) is 119 cm³/mol. The van der Waals surface area contributed by atoms with Crippen LogP contribution in [0.3, 0.4) is 0 Å². The summed E-state index contributed by atoms with van der Waals surface area (Å²) in [5.41, 5.74) is 3.72. The third kappa shape index (κ3) is 4.59. The fourth-order valence-corrected chi connectivity index (χ4v) is 5.08. The van der Waals surface area contributed by atoms with Gasteiger partial charge in [0.2, 0.25) is 5.91 Å². The Hall–Kier alpha value is -2.20. The second-order valence-corrected chi connectivity index (χ2v) is 9.36. The largest absolute Gasteiger partial charge is 0.333 e. The van der Waals surface area contributed by atoms with Crippen molar-refractivity contribution in [3.63, 3.8) is 0 Å². The van der Waals surface area contributed by atoms with E-state index in [2.05, 4.69) is 47.9 Å². The molecule has 2 saturated heterocycles. The number of rotatable bonds is 5. The summed E-state index contributed by atoms with van der Waals surface area (Å²) in [6, 6.07) is 15.6. The van der Waals surface area contributed by atoms with Crippen molar-refractivity contribution in [3.8, 4) is 0 Å². The molecule has 1 spiro atoms. The zero-order valence-corrected chi connectivity index (χ0v) is 18.2. The number of carbonyl (C=O) groups excluding carboxylic acids is 1. The van der Waals surface area contributed by atoms with Gasteiger partial charge in [0, 0.05) is 31.6 Å². The number of hydrogen-bond acceptors (Lipinski definition) is 2. The first-order valence-electron chi connectivity index (χ1n) is 11.3. The van der Waals surface area contributed by atoms with Crippen LogP contribution >= 0.6 is 0 Å². The quantitative estimate of drug-likeness (QED) is 0.652. The van der Waals surface area contributed by atoms with Gasteiger partial charge in [0.25, 0.3) is 0 Å². The lowest BCUT2D eigenvalue weighted by Gasteiger charge is -2.38. The van der Waals surface area contributed by atoms with E-state index >= 15 is 0 Å². The van der Waals surface area contributed by atoms with Gasteiger partial charge in [0.1, 0.15) is 5.82 Å². The Morgan fingerprint density at radius 1 is 0.900 bits per heavy atom. The molecule has 1 unspecified atom stereocenters. The van der Waals surface area contributed by atoms with E-state index in [-0.39, 0.29) is 17.3 Å². The Labute approximate surface area is 179 Å². The normalized spacial score (nSPS) is 22.8. The first-order valence-corrected chi connectivity index (χ1v) is 11.3. The molecule has 2 heterocycles. The summed E-state index contributed by atoms with van der Waals surface area (Å²) >= 11 is 0. The molecule has 0 bridgehead atoms. The Balaban J connectivity index is 1.42. The lowest BCUT2D eigenvalue weighted by atomic mass is 9.87. The van der Waals surface area contributed by atoms with Crippen molar-refractivity contribution in [2.75, 3.05) is 13.1 Å². The SMILES string of the molecule is CC(C)c1ccc(CN2CCCC3(CCC(=O)N3Cc3ccc(F)cc3)CC2)cc1. The fraction of sp³-hybridized carbons (Fsp3) is 0.500. The molecule has 2 aliphatic rings. The summed E-state index contributed by atoms with van der Waals surface area (Å²) in [4.78, 5) is 17.4. The zero-order chi connectivity index (χ0) is 21.1. The van der Waals surface area contributed by atoms with Crippen molar-refractivity contribution in [1.29, 1.82) is 0 Å². The molecule has 4 rings (SSSR count). The average molecular weight is 409 g/mol. The number of benzene rings is 2. The van der Waals surface area contributed by atoms with Crippen LogP contribution in [0.2, 0.25) is 0 Å². The topological polar surface area (TPSA) is 23.6 Å². The molecular formula is C26H33FN2O. The van der Waals surface area contributed by atoms with Crippen LogP contribution in [0.25, 0.3) is 0 Å². The van der Waals surface area contributed by atoms with Crippen LogP contribution in [0.4, 0.5) is 4.39 Å². The summed E-state index contributed by atoms with van der Waals surface area (Å²) in [6.45, 7) is 8.11. The third-order valence-corrected chi connectivity index (χ3v) is 6.99. The first-order chi connectivity index (χ1) is 14.4. The fourth-order valence-electron chi connectivity index (χ4n) is 5.08. The van der Waals surface area contributed by atoms with Crippen molar-refractivity contribution in [1.82, 2.24) is 9.80 Å². The van der Waals surface area contributed by atoms with E-state index in [1.54, 1.807) is 12.1 Å². The Morgan fingerprint density at radius 2 is 1.57 bits per heavy atom. The van der Waals surface area contributed by atoms with Crippen LogP contribution in [-0.4, -0.2) is 34.3 Å². The lowest BCUT2D eigenvalue weighted by molar-refractivity contribution is -0.132. The standard InChI is InChI=1S/C26H33FN2O/c1-20(2)23-8-4-21(5-9-23)18-28-16-3-13-26(15-17-28)14-12-25(30)29(26)19-22-6-10-24(27)11-7-22/h4-11,20H,3,12-19H2,1-2H3. The van der Waals surface area contributed by atoms with Crippen LogP contribution < -0.4 is 0 Å². The van der Waals surface area contributed by atoms with Crippen LogP contribution in [-0.2, 0) is 17.9 Å². The maximum atomic E-state index is 13.3. The number of nitrogens with zero attached hydrogens (tertiary/aromatic N) is 2. The number of halogens is 1. The van der Waals surface area contributed by atoms with Crippen LogP contribution in [0.15, 0.2) is 48.5 Å². The van der Waals surface area contributed by atoms with Gasteiger partial charge in [-0.25, -0.2) is 4.39 Å². The minimum atomic E-state index is -0.229.